The summed E-state index contributed by atoms with van der Waals surface area (Å²) in [7, 11) is 0. The average Bonchev–Trinajstić information content (AvgIpc) is 2.51. The van der Waals surface area contributed by atoms with Crippen LogP contribution in [0.25, 0.3) is 0 Å². The molecule has 0 unspecified atom stereocenters. The second kappa shape index (κ2) is 3.67. The molecule has 14 heavy (non-hydrogen) atoms. The van der Waals surface area contributed by atoms with E-state index in [-0.39, 0.29) is 5.28 Å². The number of halogens is 1. The Labute approximate surface area is 86.1 Å². The van der Waals surface area contributed by atoms with Gasteiger partial charge in [-0.15, -0.1) is 5.10 Å². The number of anilines is 1. The highest BCUT2D eigenvalue weighted by Gasteiger charge is 2.01. The lowest BCUT2D eigenvalue weighted by atomic mass is 10.1. The first-order valence-corrected chi connectivity index (χ1v) is 4.53. The van der Waals surface area contributed by atoms with E-state index in [9.17, 15) is 0 Å². The van der Waals surface area contributed by atoms with E-state index in [2.05, 4.69) is 15.2 Å². The maximum Gasteiger partial charge on any atom is 0.242 e. The van der Waals surface area contributed by atoms with Crippen molar-refractivity contribution < 1.29 is 0 Å². The molecule has 0 radical (unpaired) electrons. The molecule has 0 aliphatic heterocycles. The highest BCUT2D eigenvalue weighted by atomic mass is 35.5. The van der Waals surface area contributed by atoms with Crippen molar-refractivity contribution in [3.05, 3.63) is 40.9 Å². The standard InChI is InChI=1S/C9H9ClN4/c10-9-12-8(13-14-9)5-6-2-1-3-7(11)4-6/h1-4H,5,11H2,(H,12,13,14). The highest BCUT2D eigenvalue weighted by molar-refractivity contribution is 6.28. The summed E-state index contributed by atoms with van der Waals surface area (Å²) in [6, 6.07) is 7.63. The summed E-state index contributed by atoms with van der Waals surface area (Å²) in [6.45, 7) is 0. The Balaban J connectivity index is 2.18. The Morgan fingerprint density at radius 3 is 2.93 bits per heavy atom. The Kier molecular flexibility index (Phi) is 2.37. The van der Waals surface area contributed by atoms with E-state index < -0.39 is 0 Å². The predicted octanol–water partition coefficient (Wildman–Crippen LogP) is 1.63. The van der Waals surface area contributed by atoms with Crippen LogP contribution < -0.4 is 5.73 Å². The molecule has 2 aromatic rings. The van der Waals surface area contributed by atoms with Gasteiger partial charge in [0.15, 0.2) is 0 Å². The highest BCUT2D eigenvalue weighted by Crippen LogP contribution is 2.10. The number of hydrogen-bond acceptors (Lipinski definition) is 3. The molecule has 0 atom stereocenters. The summed E-state index contributed by atoms with van der Waals surface area (Å²) in [5, 5.41) is 6.71. The van der Waals surface area contributed by atoms with Gasteiger partial charge in [0.25, 0.3) is 0 Å². The van der Waals surface area contributed by atoms with Crippen LogP contribution in [0.2, 0.25) is 5.28 Å². The molecule has 0 spiro atoms. The monoisotopic (exact) mass is 208 g/mol. The largest absolute Gasteiger partial charge is 0.399 e. The number of nitrogens with two attached hydrogens (primary N) is 1. The maximum absolute atomic E-state index is 5.65. The molecular weight excluding hydrogens is 200 g/mol. The van der Waals surface area contributed by atoms with Crippen molar-refractivity contribution in [3.8, 4) is 0 Å². The molecule has 0 fully saturated rings. The number of aromatic amines is 1. The zero-order valence-electron chi connectivity index (χ0n) is 7.37. The van der Waals surface area contributed by atoms with E-state index >= 15 is 0 Å². The maximum atomic E-state index is 5.65. The predicted molar refractivity (Wildman–Crippen MR) is 55.1 cm³/mol. The number of benzene rings is 1. The first kappa shape index (κ1) is 9.02. The topological polar surface area (TPSA) is 67.6 Å². The van der Waals surface area contributed by atoms with Crippen LogP contribution in [0.1, 0.15) is 11.4 Å². The fourth-order valence-electron chi connectivity index (χ4n) is 1.25. The lowest BCUT2D eigenvalue weighted by Crippen LogP contribution is -1.92. The molecule has 0 aliphatic carbocycles. The van der Waals surface area contributed by atoms with Crippen LogP contribution in [-0.4, -0.2) is 15.2 Å². The number of H-pyrrole nitrogens is 1. The molecule has 5 heteroatoms. The van der Waals surface area contributed by atoms with E-state index in [1.54, 1.807) is 0 Å². The lowest BCUT2D eigenvalue weighted by Gasteiger charge is -1.98. The first-order chi connectivity index (χ1) is 6.74. The zero-order valence-corrected chi connectivity index (χ0v) is 8.12. The third kappa shape index (κ3) is 2.03. The van der Waals surface area contributed by atoms with Crippen LogP contribution in [-0.2, 0) is 6.42 Å². The van der Waals surface area contributed by atoms with E-state index in [0.717, 1.165) is 17.1 Å². The van der Waals surface area contributed by atoms with Crippen molar-refractivity contribution in [2.45, 2.75) is 6.42 Å². The minimum Gasteiger partial charge on any atom is -0.399 e. The van der Waals surface area contributed by atoms with Gasteiger partial charge in [-0.05, 0) is 29.3 Å². The fraction of sp³-hybridized carbons (Fsp3) is 0.111. The lowest BCUT2D eigenvalue weighted by molar-refractivity contribution is 0.973. The van der Waals surface area contributed by atoms with Crippen molar-refractivity contribution in [1.82, 2.24) is 15.2 Å². The van der Waals surface area contributed by atoms with Crippen LogP contribution in [0.15, 0.2) is 24.3 Å². The Morgan fingerprint density at radius 1 is 1.43 bits per heavy atom. The van der Waals surface area contributed by atoms with Crippen molar-refractivity contribution in [3.63, 3.8) is 0 Å². The van der Waals surface area contributed by atoms with Gasteiger partial charge < -0.3 is 5.73 Å². The Bertz CT molecular complexity index is 438. The van der Waals surface area contributed by atoms with Crippen LogP contribution in [0, 0.1) is 0 Å². The molecule has 3 N–H and O–H groups in total. The van der Waals surface area contributed by atoms with Gasteiger partial charge in [-0.3, -0.25) is 5.10 Å². The van der Waals surface area contributed by atoms with Gasteiger partial charge >= 0.3 is 0 Å². The van der Waals surface area contributed by atoms with Crippen molar-refractivity contribution in [2.75, 3.05) is 5.73 Å². The number of nitrogen functional groups attached to an aromatic ring is 1. The van der Waals surface area contributed by atoms with Crippen LogP contribution >= 0.6 is 11.6 Å². The van der Waals surface area contributed by atoms with Gasteiger partial charge in [0.2, 0.25) is 5.28 Å². The molecule has 1 aromatic heterocycles. The quantitative estimate of drug-likeness (QED) is 0.738. The number of nitrogens with zero attached hydrogens (tertiary/aromatic N) is 2. The second-order valence-electron chi connectivity index (χ2n) is 2.97. The van der Waals surface area contributed by atoms with Crippen LogP contribution in [0.3, 0.4) is 0 Å². The fourth-order valence-corrected chi connectivity index (χ4v) is 1.39. The molecular formula is C9H9ClN4. The van der Waals surface area contributed by atoms with Gasteiger partial charge in [0.1, 0.15) is 5.82 Å². The summed E-state index contributed by atoms with van der Waals surface area (Å²) >= 11 is 5.58. The Morgan fingerprint density at radius 2 is 2.29 bits per heavy atom. The molecule has 0 bridgehead atoms. The van der Waals surface area contributed by atoms with Gasteiger partial charge in [-0.1, -0.05) is 12.1 Å². The van der Waals surface area contributed by atoms with Crippen molar-refractivity contribution >= 4 is 17.3 Å². The number of rotatable bonds is 2. The van der Waals surface area contributed by atoms with Gasteiger partial charge in [0, 0.05) is 12.1 Å². The SMILES string of the molecule is Nc1cccc(Cc2nc(Cl)n[nH]2)c1. The minimum atomic E-state index is 0.240. The molecule has 0 aliphatic rings. The number of hydrogen-bond donors (Lipinski definition) is 2. The van der Waals surface area contributed by atoms with E-state index in [4.69, 9.17) is 17.3 Å². The summed E-state index contributed by atoms with van der Waals surface area (Å²) in [5.74, 6) is 0.737. The summed E-state index contributed by atoms with van der Waals surface area (Å²) in [4.78, 5) is 3.99. The minimum absolute atomic E-state index is 0.240. The van der Waals surface area contributed by atoms with Gasteiger partial charge in [-0.25, -0.2) is 4.98 Å². The molecule has 72 valence electrons. The third-order valence-corrected chi connectivity index (χ3v) is 2.00. The molecule has 0 amide bonds. The summed E-state index contributed by atoms with van der Waals surface area (Å²) in [5.41, 5.74) is 7.47. The van der Waals surface area contributed by atoms with E-state index in [1.165, 1.54) is 0 Å². The summed E-state index contributed by atoms with van der Waals surface area (Å²) in [6.07, 6.45) is 0.658. The number of aromatic nitrogens is 3. The van der Waals surface area contributed by atoms with Crippen molar-refractivity contribution in [1.29, 1.82) is 0 Å². The zero-order chi connectivity index (χ0) is 9.97. The van der Waals surface area contributed by atoms with Crippen LogP contribution in [0.5, 0.6) is 0 Å². The molecule has 0 saturated heterocycles. The molecule has 1 heterocycles. The molecule has 2 rings (SSSR count). The normalized spacial score (nSPS) is 10.4. The summed E-state index contributed by atoms with van der Waals surface area (Å²) < 4.78 is 0. The Hall–Kier alpha value is -1.55. The van der Waals surface area contributed by atoms with Gasteiger partial charge in [-0.2, -0.15) is 0 Å². The van der Waals surface area contributed by atoms with Crippen molar-refractivity contribution in [2.24, 2.45) is 0 Å². The van der Waals surface area contributed by atoms with E-state index in [1.807, 2.05) is 24.3 Å². The number of nitrogens with one attached hydrogen (secondary N) is 1. The third-order valence-electron chi connectivity index (χ3n) is 1.83. The van der Waals surface area contributed by atoms with E-state index in [0.29, 0.717) is 6.42 Å². The molecule has 4 nitrogen and oxygen atoms in total. The second-order valence-corrected chi connectivity index (χ2v) is 3.31. The smallest absolute Gasteiger partial charge is 0.242 e. The van der Waals surface area contributed by atoms with Gasteiger partial charge in [0.05, 0.1) is 0 Å². The first-order valence-electron chi connectivity index (χ1n) is 4.15. The molecule has 0 saturated carbocycles. The van der Waals surface area contributed by atoms with Crippen LogP contribution in [0.4, 0.5) is 5.69 Å². The average molecular weight is 209 g/mol. The molecule has 1 aromatic carbocycles.